The van der Waals surface area contributed by atoms with Crippen LogP contribution in [0.15, 0.2) is 59.7 Å². The quantitative estimate of drug-likeness (QED) is 0.204. The van der Waals surface area contributed by atoms with E-state index in [0.29, 0.717) is 46.3 Å². The highest BCUT2D eigenvalue weighted by molar-refractivity contribution is 14.1. The molecule has 7 nitrogen and oxygen atoms in total. The summed E-state index contributed by atoms with van der Waals surface area (Å²) in [6, 6.07) is 14.7. The van der Waals surface area contributed by atoms with E-state index >= 15 is 0 Å². The van der Waals surface area contributed by atoms with Crippen molar-refractivity contribution in [1.29, 1.82) is 0 Å². The lowest BCUT2D eigenvalue weighted by molar-refractivity contribution is 0.0954. The van der Waals surface area contributed by atoms with E-state index in [1.807, 2.05) is 13.0 Å². The zero-order valence-corrected chi connectivity index (χ0v) is 21.1. The zero-order valence-electron chi connectivity index (χ0n) is 18.9. The van der Waals surface area contributed by atoms with E-state index in [9.17, 15) is 9.18 Å². The van der Waals surface area contributed by atoms with Crippen LogP contribution in [-0.4, -0.2) is 32.9 Å². The third kappa shape index (κ3) is 6.60. The Bertz CT molecular complexity index is 1190. The molecule has 3 aromatic carbocycles. The molecule has 1 amide bonds. The third-order valence-electron chi connectivity index (χ3n) is 4.63. The van der Waals surface area contributed by atoms with E-state index in [1.165, 1.54) is 32.6 Å². The normalized spacial score (nSPS) is 10.7. The minimum absolute atomic E-state index is 0.197. The van der Waals surface area contributed by atoms with Gasteiger partial charge in [-0.15, -0.1) is 0 Å². The third-order valence-corrected chi connectivity index (χ3v) is 5.43. The van der Waals surface area contributed by atoms with E-state index in [1.54, 1.807) is 36.4 Å². The summed E-state index contributed by atoms with van der Waals surface area (Å²) in [7, 11) is 3.03. The summed E-state index contributed by atoms with van der Waals surface area (Å²) < 4.78 is 36.3. The first-order valence-electron chi connectivity index (χ1n) is 10.3. The molecule has 178 valence electrons. The first-order valence-corrected chi connectivity index (χ1v) is 11.4. The molecule has 0 spiro atoms. The number of carbonyl (C=O) groups is 1. The smallest absolute Gasteiger partial charge is 0.271 e. The number of nitrogens with one attached hydrogen (secondary N) is 1. The van der Waals surface area contributed by atoms with Gasteiger partial charge in [0.15, 0.2) is 23.0 Å². The highest BCUT2D eigenvalue weighted by Gasteiger charge is 2.13. The van der Waals surface area contributed by atoms with Gasteiger partial charge in [0.2, 0.25) is 0 Å². The molecule has 0 aliphatic heterocycles. The molecule has 34 heavy (non-hydrogen) atoms. The fourth-order valence-electron chi connectivity index (χ4n) is 3.06. The van der Waals surface area contributed by atoms with E-state index in [2.05, 4.69) is 33.1 Å². The highest BCUT2D eigenvalue weighted by Crippen LogP contribution is 2.34. The van der Waals surface area contributed by atoms with Crippen molar-refractivity contribution in [3.05, 3.63) is 80.7 Å². The molecule has 0 radical (unpaired) electrons. The minimum Gasteiger partial charge on any atom is -0.493 e. The molecule has 0 aromatic heterocycles. The summed E-state index contributed by atoms with van der Waals surface area (Å²) in [4.78, 5) is 12.4. The molecular formula is C25H24FIN2O5. The number of amides is 1. The largest absolute Gasteiger partial charge is 0.493 e. The number of benzene rings is 3. The van der Waals surface area contributed by atoms with Crippen molar-refractivity contribution in [2.75, 3.05) is 20.8 Å². The van der Waals surface area contributed by atoms with Crippen molar-refractivity contribution >= 4 is 34.7 Å². The molecule has 0 unspecified atom stereocenters. The predicted octanol–water partition coefficient (Wildman–Crippen LogP) is 5.19. The molecule has 0 heterocycles. The fourth-order valence-corrected chi connectivity index (χ4v) is 3.84. The number of halogens is 2. The standard InChI is InChI=1S/C25H24FIN2O5/c1-4-33-23-12-17(11-20(27)24(23)34-15-16-6-5-7-19(26)10-16)14-28-29-25(30)18-8-9-21(31-2)22(13-18)32-3/h5-14H,4,15H2,1-3H3,(H,29,30)/b28-14+. The van der Waals surface area contributed by atoms with Crippen LogP contribution in [0.5, 0.6) is 23.0 Å². The zero-order chi connectivity index (χ0) is 24.5. The van der Waals surface area contributed by atoms with E-state index in [-0.39, 0.29) is 12.4 Å². The van der Waals surface area contributed by atoms with Crippen LogP contribution in [0.3, 0.4) is 0 Å². The monoisotopic (exact) mass is 578 g/mol. The molecule has 0 aliphatic carbocycles. The molecule has 0 atom stereocenters. The van der Waals surface area contributed by atoms with Crippen molar-refractivity contribution in [3.63, 3.8) is 0 Å². The van der Waals surface area contributed by atoms with Gasteiger partial charge in [-0.05, 0) is 83.1 Å². The SMILES string of the molecule is CCOc1cc(/C=N/NC(=O)c2ccc(OC)c(OC)c2)cc(I)c1OCc1cccc(F)c1. The number of hydrogen-bond acceptors (Lipinski definition) is 6. The van der Waals surface area contributed by atoms with Crippen LogP contribution < -0.4 is 24.4 Å². The van der Waals surface area contributed by atoms with Gasteiger partial charge in [-0.3, -0.25) is 4.79 Å². The molecule has 3 aromatic rings. The number of hydrogen-bond donors (Lipinski definition) is 1. The van der Waals surface area contributed by atoms with Gasteiger partial charge in [0.25, 0.3) is 5.91 Å². The van der Waals surface area contributed by atoms with Gasteiger partial charge >= 0.3 is 0 Å². The van der Waals surface area contributed by atoms with Gasteiger partial charge in [0, 0.05) is 5.56 Å². The maximum Gasteiger partial charge on any atom is 0.271 e. The van der Waals surface area contributed by atoms with Crippen molar-refractivity contribution in [2.24, 2.45) is 5.10 Å². The number of nitrogens with zero attached hydrogens (tertiary/aromatic N) is 1. The van der Waals surface area contributed by atoms with Crippen LogP contribution in [0.25, 0.3) is 0 Å². The molecule has 3 rings (SSSR count). The Kier molecular flexibility index (Phi) is 9.08. The van der Waals surface area contributed by atoms with Crippen LogP contribution in [0.1, 0.15) is 28.4 Å². The summed E-state index contributed by atoms with van der Waals surface area (Å²) in [5.74, 6) is 1.34. The maximum atomic E-state index is 13.4. The highest BCUT2D eigenvalue weighted by atomic mass is 127. The minimum atomic E-state index is -0.396. The van der Waals surface area contributed by atoms with Gasteiger partial charge < -0.3 is 18.9 Å². The molecule has 0 saturated heterocycles. The molecule has 1 N–H and O–H groups in total. The van der Waals surface area contributed by atoms with Crippen molar-refractivity contribution in [1.82, 2.24) is 5.43 Å². The second kappa shape index (κ2) is 12.2. The molecular weight excluding hydrogens is 554 g/mol. The number of hydrazone groups is 1. The Morgan fingerprint density at radius 3 is 2.53 bits per heavy atom. The summed E-state index contributed by atoms with van der Waals surface area (Å²) in [6.45, 7) is 2.50. The van der Waals surface area contributed by atoms with E-state index in [4.69, 9.17) is 18.9 Å². The summed E-state index contributed by atoms with van der Waals surface area (Å²) >= 11 is 2.14. The van der Waals surface area contributed by atoms with Crippen LogP contribution >= 0.6 is 22.6 Å². The Morgan fingerprint density at radius 2 is 1.82 bits per heavy atom. The Labute approximate surface area is 211 Å². The average Bonchev–Trinajstić information content (AvgIpc) is 2.83. The first-order chi connectivity index (χ1) is 16.4. The molecule has 9 heteroatoms. The maximum absolute atomic E-state index is 13.4. The van der Waals surface area contributed by atoms with Crippen LogP contribution in [0, 0.1) is 9.39 Å². The van der Waals surface area contributed by atoms with E-state index < -0.39 is 5.91 Å². The Balaban J connectivity index is 1.72. The Hall–Kier alpha value is -3.34. The summed E-state index contributed by atoms with van der Waals surface area (Å²) in [6.07, 6.45) is 1.51. The fraction of sp³-hybridized carbons (Fsp3) is 0.200. The number of carbonyl (C=O) groups excluding carboxylic acids is 1. The lowest BCUT2D eigenvalue weighted by Crippen LogP contribution is -2.17. The first kappa shape index (κ1) is 25.3. The van der Waals surface area contributed by atoms with Gasteiger partial charge in [-0.2, -0.15) is 5.10 Å². The number of methoxy groups -OCH3 is 2. The second-order valence-corrected chi connectivity index (χ2v) is 8.11. The Morgan fingerprint density at radius 1 is 1.03 bits per heavy atom. The summed E-state index contributed by atoms with van der Waals surface area (Å²) in [5, 5.41) is 4.05. The topological polar surface area (TPSA) is 78.4 Å². The van der Waals surface area contributed by atoms with Crippen LogP contribution in [0.2, 0.25) is 0 Å². The van der Waals surface area contributed by atoms with Crippen LogP contribution in [0.4, 0.5) is 4.39 Å². The molecule has 0 saturated carbocycles. The van der Waals surface area contributed by atoms with Gasteiger partial charge in [-0.25, -0.2) is 9.82 Å². The molecule has 0 fully saturated rings. The average molecular weight is 578 g/mol. The number of rotatable bonds is 10. The van der Waals surface area contributed by atoms with Gasteiger partial charge in [0.05, 0.1) is 30.6 Å². The van der Waals surface area contributed by atoms with Gasteiger partial charge in [-0.1, -0.05) is 12.1 Å². The van der Waals surface area contributed by atoms with Crippen molar-refractivity contribution in [2.45, 2.75) is 13.5 Å². The number of ether oxygens (including phenoxy) is 4. The van der Waals surface area contributed by atoms with Crippen molar-refractivity contribution in [3.8, 4) is 23.0 Å². The van der Waals surface area contributed by atoms with Gasteiger partial charge in [0.1, 0.15) is 12.4 Å². The van der Waals surface area contributed by atoms with Crippen LogP contribution in [-0.2, 0) is 6.61 Å². The molecule has 0 bridgehead atoms. The van der Waals surface area contributed by atoms with E-state index in [0.717, 1.165) is 3.57 Å². The lowest BCUT2D eigenvalue weighted by Gasteiger charge is -2.15. The second-order valence-electron chi connectivity index (χ2n) is 6.95. The summed E-state index contributed by atoms with van der Waals surface area (Å²) in [5.41, 5.74) is 4.29. The lowest BCUT2D eigenvalue weighted by atomic mass is 10.2. The molecule has 0 aliphatic rings. The van der Waals surface area contributed by atoms with Crippen molar-refractivity contribution < 1.29 is 28.1 Å². The predicted molar refractivity (Wildman–Crippen MR) is 136 cm³/mol.